The van der Waals surface area contributed by atoms with E-state index >= 15 is 0 Å². The van der Waals surface area contributed by atoms with Crippen LogP contribution in [0.2, 0.25) is 0 Å². The molecule has 0 bridgehead atoms. The minimum Gasteiger partial charge on any atom is -0.478 e. The average Bonchev–Trinajstić information content (AvgIpc) is 2.44. The summed E-state index contributed by atoms with van der Waals surface area (Å²) in [6.45, 7) is -1.46. The number of aliphatic hydroxyl groups excluding tert-OH is 6. The van der Waals surface area contributed by atoms with Gasteiger partial charge in [0.15, 0.2) is 0 Å². The summed E-state index contributed by atoms with van der Waals surface area (Å²) in [4.78, 5) is 19.1. The van der Waals surface area contributed by atoms with Gasteiger partial charge in [-0.15, -0.1) is 0 Å². The van der Waals surface area contributed by atoms with Crippen molar-refractivity contribution in [1.82, 2.24) is 0 Å². The van der Waals surface area contributed by atoms with Crippen LogP contribution in [0.5, 0.6) is 0 Å². The summed E-state index contributed by atoms with van der Waals surface area (Å²) in [7, 11) is 0. The van der Waals surface area contributed by atoms with Gasteiger partial charge in [-0.1, -0.05) is 0 Å². The van der Waals surface area contributed by atoms with Crippen molar-refractivity contribution < 1.29 is 50.4 Å². The molecule has 20 heavy (non-hydrogen) atoms. The highest BCUT2D eigenvalue weighted by Gasteiger charge is 1.94. The Morgan fingerprint density at radius 2 is 0.900 bits per heavy atom. The first-order valence-corrected chi connectivity index (χ1v) is 5.18. The maximum absolute atomic E-state index is 9.55. The highest BCUT2D eigenvalue weighted by molar-refractivity contribution is 5.89. The van der Waals surface area contributed by atoms with Crippen LogP contribution in [0.1, 0.15) is 0 Å². The first-order valence-electron chi connectivity index (χ1n) is 5.18. The predicted molar refractivity (Wildman–Crippen MR) is 64.8 cm³/mol. The van der Waals surface area contributed by atoms with Crippen molar-refractivity contribution >= 4 is 11.9 Å². The predicted octanol–water partition coefficient (Wildman–Crippen LogP) is -3.62. The van der Waals surface area contributed by atoms with Gasteiger partial charge in [0.2, 0.25) is 0 Å². The molecule has 0 aliphatic carbocycles. The van der Waals surface area contributed by atoms with Crippen molar-refractivity contribution in [1.29, 1.82) is 0 Å². The Balaban J connectivity index is -0.000000221. The minimum atomic E-state index is -1.26. The van der Waals surface area contributed by atoms with E-state index in [0.29, 0.717) is 12.2 Å². The summed E-state index contributed by atoms with van der Waals surface area (Å²) in [5.41, 5.74) is 0. The van der Waals surface area contributed by atoms with Gasteiger partial charge in [0.05, 0.1) is 26.4 Å². The monoisotopic (exact) mass is 300 g/mol. The summed E-state index contributed by atoms with van der Waals surface area (Å²) in [6.07, 6.45) is -0.792. The second kappa shape index (κ2) is 17.4. The smallest absolute Gasteiger partial charge is 0.328 e. The SMILES string of the molecule is O=C(O)/C=C/C(=O)O.OCC(O)CO.OCC(O)CO. The third kappa shape index (κ3) is 29.9. The Bertz CT molecular complexity index is 231. The Hall–Kier alpha value is -1.56. The molecule has 0 fully saturated rings. The standard InChI is InChI=1S/C4H4O4.2C3H8O3/c5-3(6)1-2-4(7)8;2*4-1-3(6)2-5/h1-2H,(H,5,6)(H,7,8);2*3-6H,1-2H2/b2-1+;;. The van der Waals surface area contributed by atoms with Crippen molar-refractivity contribution in [3.05, 3.63) is 12.2 Å². The number of hydrogen-bond acceptors (Lipinski definition) is 8. The zero-order valence-corrected chi connectivity index (χ0v) is 10.5. The van der Waals surface area contributed by atoms with Crippen LogP contribution in [0, 0.1) is 0 Å². The zero-order chi connectivity index (χ0) is 16.6. The molecule has 0 unspecified atom stereocenters. The molecule has 0 aliphatic rings. The van der Waals surface area contributed by atoms with E-state index in [1.54, 1.807) is 0 Å². The number of carbonyl (C=O) groups is 2. The topological polar surface area (TPSA) is 196 Å². The molecule has 0 heterocycles. The second-order valence-electron chi connectivity index (χ2n) is 3.05. The number of aliphatic carboxylic acids is 2. The molecule has 10 heteroatoms. The largest absolute Gasteiger partial charge is 0.478 e. The molecule has 8 N–H and O–H groups in total. The van der Waals surface area contributed by atoms with Crippen LogP contribution in [-0.2, 0) is 9.59 Å². The molecule has 0 atom stereocenters. The van der Waals surface area contributed by atoms with E-state index in [0.717, 1.165) is 0 Å². The fourth-order valence-corrected chi connectivity index (χ4v) is 0.258. The molecule has 0 spiro atoms. The van der Waals surface area contributed by atoms with E-state index in [1.165, 1.54) is 0 Å². The van der Waals surface area contributed by atoms with Crippen molar-refractivity contribution in [2.45, 2.75) is 12.2 Å². The molecule has 120 valence electrons. The fourth-order valence-electron chi connectivity index (χ4n) is 0.258. The molecule has 0 saturated heterocycles. The number of rotatable bonds is 6. The highest BCUT2D eigenvalue weighted by atomic mass is 16.4. The van der Waals surface area contributed by atoms with Gasteiger partial charge in [-0.05, 0) is 0 Å². The maximum Gasteiger partial charge on any atom is 0.328 e. The van der Waals surface area contributed by atoms with Crippen LogP contribution >= 0.6 is 0 Å². The second-order valence-corrected chi connectivity index (χ2v) is 3.05. The number of carboxylic acid groups (broad SMARTS) is 2. The van der Waals surface area contributed by atoms with Crippen molar-refractivity contribution in [3.8, 4) is 0 Å². The van der Waals surface area contributed by atoms with E-state index in [2.05, 4.69) is 0 Å². The van der Waals surface area contributed by atoms with E-state index in [-0.39, 0.29) is 26.4 Å². The maximum atomic E-state index is 9.55. The average molecular weight is 300 g/mol. The summed E-state index contributed by atoms with van der Waals surface area (Å²) >= 11 is 0. The lowest BCUT2D eigenvalue weighted by Crippen LogP contribution is -2.15. The minimum absolute atomic E-state index is 0.365. The van der Waals surface area contributed by atoms with Crippen LogP contribution in [0.25, 0.3) is 0 Å². The lowest BCUT2D eigenvalue weighted by molar-refractivity contribution is -0.134. The molecule has 0 aliphatic heterocycles. The molecule has 0 rings (SSSR count). The van der Waals surface area contributed by atoms with Crippen LogP contribution < -0.4 is 0 Å². The normalized spacial score (nSPS) is 9.80. The Morgan fingerprint density at radius 3 is 0.950 bits per heavy atom. The first kappa shape index (κ1) is 23.5. The van der Waals surface area contributed by atoms with Gasteiger partial charge in [0, 0.05) is 12.2 Å². The fraction of sp³-hybridized carbons (Fsp3) is 0.600. The lowest BCUT2D eigenvalue weighted by Gasteiger charge is -1.96. The summed E-state index contributed by atoms with van der Waals surface area (Å²) in [5.74, 6) is -2.51. The summed E-state index contributed by atoms with van der Waals surface area (Å²) in [6, 6.07) is 0. The van der Waals surface area contributed by atoms with Gasteiger partial charge in [0.1, 0.15) is 12.2 Å². The van der Waals surface area contributed by atoms with Crippen molar-refractivity contribution in [3.63, 3.8) is 0 Å². The Labute approximate surface area is 114 Å². The summed E-state index contributed by atoms with van der Waals surface area (Å²) < 4.78 is 0. The Kier molecular flexibility index (Phi) is 20.5. The van der Waals surface area contributed by atoms with Crippen LogP contribution in [0.3, 0.4) is 0 Å². The highest BCUT2D eigenvalue weighted by Crippen LogP contribution is 1.72. The third-order valence-corrected chi connectivity index (χ3v) is 1.21. The third-order valence-electron chi connectivity index (χ3n) is 1.21. The van der Waals surface area contributed by atoms with Gasteiger partial charge in [-0.25, -0.2) is 9.59 Å². The molecular weight excluding hydrogens is 280 g/mol. The number of carboxylic acids is 2. The number of hydrogen-bond donors (Lipinski definition) is 8. The molecule has 0 aromatic heterocycles. The molecular formula is C10H20O10. The quantitative estimate of drug-likeness (QED) is 0.227. The molecule has 0 amide bonds. The first-order chi connectivity index (χ1) is 9.24. The van der Waals surface area contributed by atoms with Gasteiger partial charge < -0.3 is 40.9 Å². The lowest BCUT2D eigenvalue weighted by atomic mass is 10.4. The summed E-state index contributed by atoms with van der Waals surface area (Å²) in [5, 5.41) is 63.7. The van der Waals surface area contributed by atoms with Gasteiger partial charge >= 0.3 is 11.9 Å². The van der Waals surface area contributed by atoms with E-state index < -0.39 is 24.1 Å². The molecule has 0 radical (unpaired) electrons. The molecule has 0 aromatic rings. The van der Waals surface area contributed by atoms with E-state index in [9.17, 15) is 9.59 Å². The van der Waals surface area contributed by atoms with Crippen LogP contribution in [0.15, 0.2) is 12.2 Å². The van der Waals surface area contributed by atoms with Gasteiger partial charge in [-0.3, -0.25) is 0 Å². The van der Waals surface area contributed by atoms with Gasteiger partial charge in [-0.2, -0.15) is 0 Å². The van der Waals surface area contributed by atoms with E-state index in [1.807, 2.05) is 0 Å². The Morgan fingerprint density at radius 1 is 0.700 bits per heavy atom. The van der Waals surface area contributed by atoms with Gasteiger partial charge in [0.25, 0.3) is 0 Å². The van der Waals surface area contributed by atoms with Crippen LogP contribution in [-0.4, -0.2) is 91.4 Å². The number of aliphatic hydroxyl groups is 6. The van der Waals surface area contributed by atoms with E-state index in [4.69, 9.17) is 40.9 Å². The molecule has 0 aromatic carbocycles. The molecule has 10 nitrogen and oxygen atoms in total. The van der Waals surface area contributed by atoms with Crippen molar-refractivity contribution in [2.75, 3.05) is 26.4 Å². The van der Waals surface area contributed by atoms with Crippen molar-refractivity contribution in [2.24, 2.45) is 0 Å². The van der Waals surface area contributed by atoms with Crippen LogP contribution in [0.4, 0.5) is 0 Å². The molecule has 0 saturated carbocycles. The zero-order valence-electron chi connectivity index (χ0n) is 10.5.